The number of ether oxygens (including phenoxy) is 3. The maximum atomic E-state index is 12.2. The number of hydrogen-bond donors (Lipinski definition) is 4. The van der Waals surface area contributed by atoms with Gasteiger partial charge in [-0.05, 0) is 41.3 Å². The number of para-hydroxylation sites is 5. The van der Waals surface area contributed by atoms with Gasteiger partial charge in [0.25, 0.3) is 22.1 Å². The first-order chi connectivity index (χ1) is 27.0. The topological polar surface area (TPSA) is 241 Å². The van der Waals surface area contributed by atoms with Gasteiger partial charge in [-0.3, -0.25) is 4.63 Å². The van der Waals surface area contributed by atoms with Gasteiger partial charge in [-0.2, -0.15) is 9.46 Å². The van der Waals surface area contributed by atoms with Crippen LogP contribution < -0.4 is 28.6 Å². The van der Waals surface area contributed by atoms with E-state index in [1.165, 1.54) is 51.7 Å². The molecule has 0 aliphatic heterocycles. The molecule has 56 heavy (non-hydrogen) atoms. The Bertz CT molecular complexity index is 2830. The molecule has 9 rings (SSSR count). The summed E-state index contributed by atoms with van der Waals surface area (Å²) in [5.74, 6) is 0.823. The lowest BCUT2D eigenvalue weighted by Gasteiger charge is -2.09. The Labute approximate surface area is 316 Å². The van der Waals surface area contributed by atoms with Crippen molar-refractivity contribution in [2.75, 3.05) is 21.3 Å². The molecule has 0 spiro atoms. The van der Waals surface area contributed by atoms with Crippen molar-refractivity contribution in [1.82, 2.24) is 15.1 Å². The lowest BCUT2D eigenvalue weighted by atomic mass is 10.2. The highest BCUT2D eigenvalue weighted by atomic mass is 16.8. The summed E-state index contributed by atoms with van der Waals surface area (Å²) in [6.07, 6.45) is 0. The highest BCUT2D eigenvalue weighted by Crippen LogP contribution is 2.31. The van der Waals surface area contributed by atoms with E-state index in [0.29, 0.717) is 42.2 Å². The van der Waals surface area contributed by atoms with E-state index in [0.717, 1.165) is 11.0 Å². The smallest absolute Gasteiger partial charge is 0.294 e. The van der Waals surface area contributed by atoms with Crippen LogP contribution in [0.15, 0.2) is 120 Å². The SMILES string of the molecule is COc1cc(O)ccc1O.COc1cc2c(cc1O)[n+]([O-])c1ccccc1[n+]2[O-].COc1cc2nc3ccccc3nc2cc1O.[O-][n+]1onc2ccccc21. The van der Waals surface area contributed by atoms with Crippen molar-refractivity contribution in [3.8, 4) is 40.2 Å². The predicted octanol–water partition coefficient (Wildman–Crippen LogP) is 5.04. The molecule has 9 aromatic rings. The first-order valence-corrected chi connectivity index (χ1v) is 16.4. The second-order valence-corrected chi connectivity index (χ2v) is 11.6. The number of nitrogens with zero attached hydrogens (tertiary/aromatic N) is 6. The number of benzene rings is 6. The Hall–Kier alpha value is -8.08. The van der Waals surface area contributed by atoms with Crippen LogP contribution >= 0.6 is 0 Å². The minimum absolute atomic E-state index is 0.0281. The molecule has 17 heteroatoms. The third-order valence-electron chi connectivity index (χ3n) is 8.13. The lowest BCUT2D eigenvalue weighted by molar-refractivity contribution is -0.782. The van der Waals surface area contributed by atoms with Gasteiger partial charge in [0.2, 0.25) is 11.0 Å². The van der Waals surface area contributed by atoms with Crippen LogP contribution in [0.3, 0.4) is 0 Å². The molecule has 0 radical (unpaired) electrons. The second kappa shape index (κ2) is 16.3. The van der Waals surface area contributed by atoms with E-state index in [4.69, 9.17) is 24.4 Å². The first kappa shape index (κ1) is 37.7. The molecule has 4 N–H and O–H groups in total. The number of fused-ring (bicyclic) bond motifs is 5. The van der Waals surface area contributed by atoms with Crippen molar-refractivity contribution in [1.29, 1.82) is 0 Å². The van der Waals surface area contributed by atoms with Crippen LogP contribution in [0, 0.1) is 15.6 Å². The van der Waals surface area contributed by atoms with Crippen LogP contribution in [-0.4, -0.2) is 56.9 Å². The van der Waals surface area contributed by atoms with Gasteiger partial charge in [-0.25, -0.2) is 9.97 Å². The normalized spacial score (nSPS) is 10.6. The van der Waals surface area contributed by atoms with Gasteiger partial charge in [0.05, 0.1) is 55.5 Å². The highest BCUT2D eigenvalue weighted by Gasteiger charge is 2.23. The fraction of sp³-hybridized carbons (Fsp3) is 0.0769. The molecule has 284 valence electrons. The summed E-state index contributed by atoms with van der Waals surface area (Å²) in [5, 5.41) is 75.9. The van der Waals surface area contributed by atoms with Crippen LogP contribution in [0.2, 0.25) is 0 Å². The Morgan fingerprint density at radius 1 is 0.464 bits per heavy atom. The lowest BCUT2D eigenvalue weighted by Crippen LogP contribution is -2.39. The maximum absolute atomic E-state index is 12.2. The second-order valence-electron chi connectivity index (χ2n) is 11.6. The van der Waals surface area contributed by atoms with E-state index in [2.05, 4.69) is 19.8 Å². The van der Waals surface area contributed by atoms with Gasteiger partial charge in [0.1, 0.15) is 5.75 Å². The minimum atomic E-state index is -0.185. The largest absolute Gasteiger partial charge is 0.617 e. The average Bonchev–Trinajstić information content (AvgIpc) is 3.60. The Morgan fingerprint density at radius 2 is 0.929 bits per heavy atom. The summed E-state index contributed by atoms with van der Waals surface area (Å²) < 4.78 is 20.3. The monoisotopic (exact) mass is 760 g/mol. The standard InChI is InChI=1S/C13H10N2O4.C13H10N2O2.C7H8O3.C6H4N2O2/c1-19-13-7-11-10(6-12(13)16)14(17)8-4-2-3-5-9(8)15(11)18;1-17-13-7-11-10(6-12(13)16)14-8-4-2-3-5-9(8)15-11;1-10-7-4-5(8)2-3-6(7)9;9-8-6-4-2-1-3-5(6)7-10-8/h2-7,16H,1H3;2-7,16H,1H3;2-4,8-9H,1H3;1-4H. The Morgan fingerprint density at radius 3 is 1.48 bits per heavy atom. The van der Waals surface area contributed by atoms with Crippen LogP contribution in [0.4, 0.5) is 0 Å². The van der Waals surface area contributed by atoms with Crippen molar-refractivity contribution in [3.05, 3.63) is 131 Å². The van der Waals surface area contributed by atoms with E-state index < -0.39 is 0 Å². The fourth-order valence-electron chi connectivity index (χ4n) is 5.39. The molecule has 3 heterocycles. The zero-order chi connectivity index (χ0) is 39.9. The molecule has 3 aromatic heterocycles. The number of aromatic hydroxyl groups is 4. The zero-order valence-corrected chi connectivity index (χ0v) is 29.8. The summed E-state index contributed by atoms with van der Waals surface area (Å²) in [4.78, 5) is 9.29. The predicted molar refractivity (Wildman–Crippen MR) is 202 cm³/mol. The summed E-state index contributed by atoms with van der Waals surface area (Å²) in [7, 11) is 4.31. The van der Waals surface area contributed by atoms with Crippen LogP contribution in [-0.2, 0) is 0 Å². The molecule has 0 fully saturated rings. The summed E-state index contributed by atoms with van der Waals surface area (Å²) >= 11 is 0. The third kappa shape index (κ3) is 7.81. The number of methoxy groups -OCH3 is 3. The van der Waals surface area contributed by atoms with Crippen LogP contribution in [0.5, 0.6) is 40.2 Å². The fourth-order valence-corrected chi connectivity index (χ4v) is 5.39. The van der Waals surface area contributed by atoms with Gasteiger partial charge in [-0.1, -0.05) is 36.4 Å². The average molecular weight is 761 g/mol. The summed E-state index contributed by atoms with van der Waals surface area (Å²) in [6, 6.07) is 30.9. The van der Waals surface area contributed by atoms with Crippen LogP contribution in [0.1, 0.15) is 0 Å². The molecule has 0 saturated carbocycles. The molecular weight excluding hydrogens is 728 g/mol. The van der Waals surface area contributed by atoms with E-state index in [-0.39, 0.29) is 56.6 Å². The van der Waals surface area contributed by atoms with Crippen molar-refractivity contribution < 1.29 is 53.6 Å². The van der Waals surface area contributed by atoms with Crippen molar-refractivity contribution in [2.45, 2.75) is 0 Å². The number of phenolic OH excluding ortho intramolecular Hbond substituents is 4. The quantitative estimate of drug-likeness (QED) is 0.0799. The van der Waals surface area contributed by atoms with Crippen LogP contribution in [0.25, 0.3) is 55.2 Å². The van der Waals surface area contributed by atoms with Gasteiger partial charge < -0.3 is 50.3 Å². The number of rotatable bonds is 3. The highest BCUT2D eigenvalue weighted by molar-refractivity contribution is 5.88. The number of hydrogen-bond acceptors (Lipinski definition) is 14. The van der Waals surface area contributed by atoms with Gasteiger partial charge in [0, 0.05) is 35.5 Å². The number of aromatic nitrogens is 6. The van der Waals surface area contributed by atoms with E-state index in [1.807, 2.05) is 24.3 Å². The Balaban J connectivity index is 0.000000132. The van der Waals surface area contributed by atoms with Gasteiger partial charge >= 0.3 is 0 Å². The van der Waals surface area contributed by atoms with Crippen molar-refractivity contribution in [3.63, 3.8) is 0 Å². The van der Waals surface area contributed by atoms with Crippen molar-refractivity contribution in [2.24, 2.45) is 0 Å². The molecule has 0 amide bonds. The molecule has 0 aliphatic carbocycles. The molecular formula is C39H32N6O11. The molecule has 6 aromatic carbocycles. The molecule has 0 aliphatic rings. The van der Waals surface area contributed by atoms with Gasteiger partial charge in [0.15, 0.2) is 34.5 Å². The zero-order valence-electron chi connectivity index (χ0n) is 29.8. The first-order valence-electron chi connectivity index (χ1n) is 16.4. The van der Waals surface area contributed by atoms with Crippen molar-refractivity contribution >= 4 is 55.2 Å². The summed E-state index contributed by atoms with van der Waals surface area (Å²) in [6.45, 7) is 0. The summed E-state index contributed by atoms with van der Waals surface area (Å²) in [5.41, 5.74) is 4.78. The van der Waals surface area contributed by atoms with E-state index in [1.54, 1.807) is 60.7 Å². The van der Waals surface area contributed by atoms with Gasteiger partial charge in [-0.15, -0.1) is 0 Å². The molecule has 0 unspecified atom stereocenters. The molecule has 0 saturated heterocycles. The minimum Gasteiger partial charge on any atom is -0.617 e. The molecule has 17 nitrogen and oxygen atoms in total. The molecule has 0 atom stereocenters. The third-order valence-corrected chi connectivity index (χ3v) is 8.13. The number of phenols is 4. The van der Waals surface area contributed by atoms with E-state index >= 15 is 0 Å². The Kier molecular flexibility index (Phi) is 11.0. The van der Waals surface area contributed by atoms with E-state index in [9.17, 15) is 25.8 Å². The molecule has 0 bridgehead atoms. The maximum Gasteiger partial charge on any atom is 0.294 e.